The van der Waals surface area contributed by atoms with Crippen LogP contribution in [0.15, 0.2) is 24.3 Å². The Morgan fingerprint density at radius 3 is 2.46 bits per heavy atom. The fourth-order valence-electron chi connectivity index (χ4n) is 2.37. The van der Waals surface area contributed by atoms with Crippen molar-refractivity contribution < 1.29 is 14.3 Å². The molecule has 132 valence electrons. The molecule has 0 aliphatic carbocycles. The summed E-state index contributed by atoms with van der Waals surface area (Å²) < 4.78 is 5.23. The minimum atomic E-state index is -0.140. The number of ether oxygens (including phenoxy) is 1. The van der Waals surface area contributed by atoms with Gasteiger partial charge in [0.25, 0.3) is 5.91 Å². The predicted molar refractivity (Wildman–Crippen MR) is 93.4 cm³/mol. The fourth-order valence-corrected chi connectivity index (χ4v) is 2.37. The van der Waals surface area contributed by atoms with Gasteiger partial charge >= 0.3 is 6.03 Å². The van der Waals surface area contributed by atoms with Gasteiger partial charge in [-0.15, -0.1) is 0 Å². The molecule has 0 radical (unpaired) electrons. The summed E-state index contributed by atoms with van der Waals surface area (Å²) in [6.45, 7) is 3.92. The minimum absolute atomic E-state index is 0.0974. The van der Waals surface area contributed by atoms with Crippen molar-refractivity contribution >= 4 is 17.6 Å². The number of hydrogen-bond donors (Lipinski definition) is 2. The third-order valence-corrected chi connectivity index (χ3v) is 3.76. The maximum atomic E-state index is 12.1. The third-order valence-electron chi connectivity index (χ3n) is 3.76. The number of morpholine rings is 1. The van der Waals surface area contributed by atoms with E-state index in [0.717, 1.165) is 13.0 Å². The van der Waals surface area contributed by atoms with E-state index in [1.807, 2.05) is 14.1 Å². The van der Waals surface area contributed by atoms with Crippen LogP contribution in [0.2, 0.25) is 0 Å². The maximum Gasteiger partial charge on any atom is 0.321 e. The molecule has 0 unspecified atom stereocenters. The van der Waals surface area contributed by atoms with Crippen LogP contribution in [0, 0.1) is 0 Å². The molecule has 0 aromatic heterocycles. The van der Waals surface area contributed by atoms with Crippen LogP contribution in [0.4, 0.5) is 10.5 Å². The molecule has 0 bridgehead atoms. The molecule has 1 fully saturated rings. The largest absolute Gasteiger partial charge is 0.378 e. The first-order valence-electron chi connectivity index (χ1n) is 8.23. The Balaban J connectivity index is 1.79. The number of carbonyl (C=O) groups excluding carboxylic acids is 2. The molecule has 2 rings (SSSR count). The zero-order valence-corrected chi connectivity index (χ0v) is 14.4. The first-order valence-corrected chi connectivity index (χ1v) is 8.23. The number of amides is 3. The van der Waals surface area contributed by atoms with E-state index in [1.54, 1.807) is 29.2 Å². The lowest BCUT2D eigenvalue weighted by Crippen LogP contribution is -2.43. The molecule has 1 aliphatic heterocycles. The molecular formula is C17H26N4O3. The summed E-state index contributed by atoms with van der Waals surface area (Å²) in [5.74, 6) is -0.0974. The Hall–Kier alpha value is -2.12. The van der Waals surface area contributed by atoms with Crippen molar-refractivity contribution in [2.24, 2.45) is 0 Å². The lowest BCUT2D eigenvalue weighted by atomic mass is 10.2. The van der Waals surface area contributed by atoms with Gasteiger partial charge in [-0.3, -0.25) is 4.79 Å². The molecule has 3 amide bonds. The van der Waals surface area contributed by atoms with Gasteiger partial charge in [0.05, 0.1) is 13.2 Å². The SMILES string of the molecule is CN(C)CCCNC(=O)c1ccc(NC(=O)N2CCOCC2)cc1. The van der Waals surface area contributed by atoms with Crippen LogP contribution < -0.4 is 10.6 Å². The second-order valence-electron chi connectivity index (χ2n) is 6.02. The van der Waals surface area contributed by atoms with Crippen molar-refractivity contribution in [3.05, 3.63) is 29.8 Å². The van der Waals surface area contributed by atoms with Gasteiger partial charge in [-0.25, -0.2) is 4.79 Å². The van der Waals surface area contributed by atoms with Crippen LogP contribution in [0.1, 0.15) is 16.8 Å². The summed E-state index contributed by atoms with van der Waals surface area (Å²) in [5.41, 5.74) is 1.26. The van der Waals surface area contributed by atoms with Gasteiger partial charge < -0.3 is 25.2 Å². The lowest BCUT2D eigenvalue weighted by Gasteiger charge is -2.26. The average molecular weight is 334 g/mol. The van der Waals surface area contributed by atoms with Crippen molar-refractivity contribution in [3.63, 3.8) is 0 Å². The predicted octanol–water partition coefficient (Wildman–Crippen LogP) is 1.23. The van der Waals surface area contributed by atoms with E-state index in [-0.39, 0.29) is 11.9 Å². The quantitative estimate of drug-likeness (QED) is 0.768. The topological polar surface area (TPSA) is 73.9 Å². The molecule has 7 heteroatoms. The zero-order valence-electron chi connectivity index (χ0n) is 14.4. The Bertz CT molecular complexity index is 539. The Kier molecular flexibility index (Phi) is 7.02. The van der Waals surface area contributed by atoms with Crippen molar-refractivity contribution in [2.45, 2.75) is 6.42 Å². The fraction of sp³-hybridized carbons (Fsp3) is 0.529. The van der Waals surface area contributed by atoms with Crippen molar-refractivity contribution in [1.82, 2.24) is 15.1 Å². The number of urea groups is 1. The van der Waals surface area contributed by atoms with Crippen LogP contribution in [0.25, 0.3) is 0 Å². The van der Waals surface area contributed by atoms with Crippen LogP contribution in [0.5, 0.6) is 0 Å². The van der Waals surface area contributed by atoms with Crippen molar-refractivity contribution in [2.75, 3.05) is 58.8 Å². The molecule has 0 spiro atoms. The number of nitrogens with one attached hydrogen (secondary N) is 2. The van der Waals surface area contributed by atoms with E-state index < -0.39 is 0 Å². The van der Waals surface area contributed by atoms with Gasteiger partial charge in [-0.1, -0.05) is 0 Å². The Morgan fingerprint density at radius 1 is 1.17 bits per heavy atom. The maximum absolute atomic E-state index is 12.1. The molecule has 1 aliphatic rings. The number of hydrogen-bond acceptors (Lipinski definition) is 4. The molecule has 0 saturated carbocycles. The van der Waals surface area contributed by atoms with Gasteiger partial charge in [0.2, 0.25) is 0 Å². The zero-order chi connectivity index (χ0) is 17.4. The summed E-state index contributed by atoms with van der Waals surface area (Å²) in [4.78, 5) is 27.9. The highest BCUT2D eigenvalue weighted by Crippen LogP contribution is 2.11. The highest BCUT2D eigenvalue weighted by Gasteiger charge is 2.16. The van der Waals surface area contributed by atoms with Crippen LogP contribution in [0.3, 0.4) is 0 Å². The van der Waals surface area contributed by atoms with Gasteiger partial charge in [-0.2, -0.15) is 0 Å². The van der Waals surface area contributed by atoms with Gasteiger partial charge in [0.1, 0.15) is 0 Å². The molecule has 1 heterocycles. The molecular weight excluding hydrogens is 308 g/mol. The molecule has 1 aromatic carbocycles. The highest BCUT2D eigenvalue weighted by atomic mass is 16.5. The second kappa shape index (κ2) is 9.24. The molecule has 1 aromatic rings. The lowest BCUT2D eigenvalue weighted by molar-refractivity contribution is 0.0564. The smallest absolute Gasteiger partial charge is 0.321 e. The third kappa shape index (κ3) is 5.82. The highest BCUT2D eigenvalue weighted by molar-refractivity contribution is 5.95. The van der Waals surface area contributed by atoms with Crippen LogP contribution >= 0.6 is 0 Å². The minimum Gasteiger partial charge on any atom is -0.378 e. The van der Waals surface area contributed by atoms with E-state index in [2.05, 4.69) is 15.5 Å². The van der Waals surface area contributed by atoms with Crippen LogP contribution in [-0.4, -0.2) is 75.2 Å². The number of benzene rings is 1. The summed E-state index contributed by atoms with van der Waals surface area (Å²) in [6.07, 6.45) is 0.909. The van der Waals surface area contributed by atoms with Gasteiger partial charge in [0, 0.05) is 30.9 Å². The number of carbonyl (C=O) groups is 2. The molecule has 0 atom stereocenters. The van der Waals surface area contributed by atoms with E-state index >= 15 is 0 Å². The summed E-state index contributed by atoms with van der Waals surface area (Å²) >= 11 is 0. The van der Waals surface area contributed by atoms with Crippen molar-refractivity contribution in [3.8, 4) is 0 Å². The van der Waals surface area contributed by atoms with E-state index in [1.165, 1.54) is 0 Å². The molecule has 24 heavy (non-hydrogen) atoms. The molecule has 7 nitrogen and oxygen atoms in total. The first kappa shape index (κ1) is 18.2. The summed E-state index contributed by atoms with van der Waals surface area (Å²) in [7, 11) is 4.01. The standard InChI is InChI=1S/C17H26N4O3/c1-20(2)9-3-8-18-16(22)14-4-6-15(7-5-14)19-17(23)21-10-12-24-13-11-21/h4-7H,3,8-13H2,1-2H3,(H,18,22)(H,19,23). The second-order valence-corrected chi connectivity index (χ2v) is 6.02. The van der Waals surface area contributed by atoms with E-state index in [9.17, 15) is 9.59 Å². The summed E-state index contributed by atoms with van der Waals surface area (Å²) in [5, 5.41) is 5.73. The number of rotatable bonds is 6. The monoisotopic (exact) mass is 334 g/mol. The Labute approximate surface area is 142 Å². The van der Waals surface area contributed by atoms with Crippen molar-refractivity contribution in [1.29, 1.82) is 0 Å². The molecule has 2 N–H and O–H groups in total. The number of nitrogens with zero attached hydrogens (tertiary/aromatic N) is 2. The van der Waals surface area contributed by atoms with Gasteiger partial charge in [-0.05, 0) is 51.3 Å². The van der Waals surface area contributed by atoms with E-state index in [0.29, 0.717) is 44.1 Å². The first-order chi connectivity index (χ1) is 11.6. The number of anilines is 1. The van der Waals surface area contributed by atoms with E-state index in [4.69, 9.17) is 4.74 Å². The van der Waals surface area contributed by atoms with Gasteiger partial charge in [0.15, 0.2) is 0 Å². The van der Waals surface area contributed by atoms with Crippen LogP contribution in [-0.2, 0) is 4.74 Å². The normalized spacial score (nSPS) is 14.5. The Morgan fingerprint density at radius 2 is 1.83 bits per heavy atom. The average Bonchev–Trinajstić information content (AvgIpc) is 2.59. The summed E-state index contributed by atoms with van der Waals surface area (Å²) in [6, 6.07) is 6.78. The molecule has 1 saturated heterocycles.